The molecule has 112 valence electrons. The number of hydrogen-bond donors (Lipinski definition) is 3. The second-order valence-electron chi connectivity index (χ2n) is 6.67. The molecule has 4 N–H and O–H groups in total. The van der Waals surface area contributed by atoms with E-state index in [2.05, 4.69) is 5.32 Å². The van der Waals surface area contributed by atoms with Crippen LogP contribution in [0.15, 0.2) is 0 Å². The van der Waals surface area contributed by atoms with Crippen LogP contribution in [-0.4, -0.2) is 30.3 Å². The Hall–Kier alpha value is -0.120. The average Bonchev–Trinajstić information content (AvgIpc) is 2.48. The van der Waals surface area contributed by atoms with Gasteiger partial charge in [0.2, 0.25) is 0 Å². The number of nitrogens with two attached hydrogens (primary N) is 1. The number of aliphatic hydroxyl groups excluding tert-OH is 1. The molecule has 0 bridgehead atoms. The Morgan fingerprint density at radius 3 is 2.37 bits per heavy atom. The molecule has 0 aromatic rings. The van der Waals surface area contributed by atoms with Gasteiger partial charge in [-0.2, -0.15) is 0 Å². The summed E-state index contributed by atoms with van der Waals surface area (Å²) in [6, 6.07) is 0.955. The smallest absolute Gasteiger partial charge is 0.0474 e. The maximum Gasteiger partial charge on any atom is 0.0474 e. The standard InChI is InChI=1S/C16H32N2O/c17-11-15(10-13-6-2-1-3-7-13)18-16-9-5-4-8-14(16)12-19/h13-16,18-19H,1-12,17H2. The molecule has 0 aliphatic heterocycles. The first-order chi connectivity index (χ1) is 9.33. The van der Waals surface area contributed by atoms with E-state index in [1.165, 1.54) is 64.2 Å². The molecule has 0 saturated heterocycles. The van der Waals surface area contributed by atoms with Crippen molar-refractivity contribution < 1.29 is 5.11 Å². The minimum absolute atomic E-state index is 0.332. The van der Waals surface area contributed by atoms with Crippen LogP contribution in [0.3, 0.4) is 0 Å². The van der Waals surface area contributed by atoms with Crippen LogP contribution in [0.1, 0.15) is 64.2 Å². The third-order valence-corrected chi connectivity index (χ3v) is 5.22. The van der Waals surface area contributed by atoms with Crippen molar-refractivity contribution in [3.8, 4) is 0 Å². The van der Waals surface area contributed by atoms with E-state index in [0.29, 0.717) is 24.6 Å². The SMILES string of the molecule is NCC(CC1CCCCC1)NC1CCCCC1CO. The lowest BCUT2D eigenvalue weighted by molar-refractivity contribution is 0.141. The van der Waals surface area contributed by atoms with Crippen LogP contribution in [0.25, 0.3) is 0 Å². The summed E-state index contributed by atoms with van der Waals surface area (Å²) in [5, 5.41) is 13.3. The maximum atomic E-state index is 9.50. The number of nitrogens with one attached hydrogen (secondary N) is 1. The molecule has 0 amide bonds. The lowest BCUT2D eigenvalue weighted by Crippen LogP contribution is -2.49. The Kier molecular flexibility index (Phi) is 6.62. The second kappa shape index (κ2) is 8.23. The summed E-state index contributed by atoms with van der Waals surface area (Å²) in [6.07, 6.45) is 13.2. The van der Waals surface area contributed by atoms with Crippen molar-refractivity contribution in [2.45, 2.75) is 76.3 Å². The quantitative estimate of drug-likeness (QED) is 0.693. The van der Waals surface area contributed by atoms with E-state index in [0.717, 1.165) is 12.5 Å². The van der Waals surface area contributed by atoms with Crippen LogP contribution in [-0.2, 0) is 0 Å². The van der Waals surface area contributed by atoms with Gasteiger partial charge in [0, 0.05) is 25.2 Å². The maximum absolute atomic E-state index is 9.50. The number of aliphatic hydroxyl groups is 1. The normalized spacial score (nSPS) is 31.3. The van der Waals surface area contributed by atoms with Gasteiger partial charge in [0.05, 0.1) is 0 Å². The van der Waals surface area contributed by atoms with Gasteiger partial charge in [-0.3, -0.25) is 0 Å². The molecule has 0 aromatic heterocycles. The van der Waals surface area contributed by atoms with Crippen molar-refractivity contribution in [2.75, 3.05) is 13.2 Å². The molecule has 2 fully saturated rings. The summed E-state index contributed by atoms with van der Waals surface area (Å²) in [5.41, 5.74) is 5.97. The Morgan fingerprint density at radius 1 is 1.00 bits per heavy atom. The highest BCUT2D eigenvalue weighted by Crippen LogP contribution is 2.29. The number of hydrogen-bond acceptors (Lipinski definition) is 3. The summed E-state index contributed by atoms with van der Waals surface area (Å²) in [5.74, 6) is 1.33. The highest BCUT2D eigenvalue weighted by molar-refractivity contribution is 4.85. The third-order valence-electron chi connectivity index (χ3n) is 5.22. The van der Waals surface area contributed by atoms with Gasteiger partial charge in [-0.1, -0.05) is 44.9 Å². The molecule has 2 aliphatic rings. The minimum Gasteiger partial charge on any atom is -0.396 e. The van der Waals surface area contributed by atoms with Crippen molar-refractivity contribution in [1.29, 1.82) is 0 Å². The van der Waals surface area contributed by atoms with Crippen LogP contribution in [0.5, 0.6) is 0 Å². The Labute approximate surface area is 118 Å². The second-order valence-corrected chi connectivity index (χ2v) is 6.67. The van der Waals surface area contributed by atoms with E-state index in [9.17, 15) is 5.11 Å². The van der Waals surface area contributed by atoms with Crippen molar-refractivity contribution >= 4 is 0 Å². The molecule has 0 spiro atoms. The van der Waals surface area contributed by atoms with E-state index in [1.807, 2.05) is 0 Å². The fourth-order valence-corrected chi connectivity index (χ4v) is 4.01. The predicted octanol–water partition coefficient (Wildman–Crippen LogP) is 2.42. The molecule has 3 atom stereocenters. The Morgan fingerprint density at radius 2 is 1.68 bits per heavy atom. The largest absolute Gasteiger partial charge is 0.396 e. The summed E-state index contributed by atoms with van der Waals surface area (Å²) in [7, 11) is 0. The van der Waals surface area contributed by atoms with Crippen LogP contribution in [0, 0.1) is 11.8 Å². The molecule has 0 heterocycles. The summed E-state index contributed by atoms with van der Waals surface area (Å²) >= 11 is 0. The first-order valence-corrected chi connectivity index (χ1v) is 8.40. The molecule has 3 unspecified atom stereocenters. The Balaban J connectivity index is 1.79. The van der Waals surface area contributed by atoms with E-state index in [4.69, 9.17) is 5.73 Å². The highest BCUT2D eigenvalue weighted by Gasteiger charge is 2.27. The average molecular weight is 268 g/mol. The van der Waals surface area contributed by atoms with Gasteiger partial charge in [0.15, 0.2) is 0 Å². The highest BCUT2D eigenvalue weighted by atomic mass is 16.3. The zero-order valence-corrected chi connectivity index (χ0v) is 12.3. The minimum atomic E-state index is 0.332. The molecule has 2 aliphatic carbocycles. The van der Waals surface area contributed by atoms with Gasteiger partial charge in [-0.05, 0) is 31.1 Å². The van der Waals surface area contributed by atoms with Gasteiger partial charge in [0.1, 0.15) is 0 Å². The third kappa shape index (κ3) is 4.73. The molecular formula is C16H32N2O. The molecule has 0 aromatic carbocycles. The first kappa shape index (κ1) is 15.3. The van der Waals surface area contributed by atoms with Crippen molar-refractivity contribution in [3.63, 3.8) is 0 Å². The van der Waals surface area contributed by atoms with Gasteiger partial charge in [-0.15, -0.1) is 0 Å². The lowest BCUT2D eigenvalue weighted by atomic mass is 9.82. The van der Waals surface area contributed by atoms with Crippen molar-refractivity contribution in [2.24, 2.45) is 17.6 Å². The Bertz CT molecular complexity index is 241. The molecule has 3 nitrogen and oxygen atoms in total. The summed E-state index contributed by atoms with van der Waals surface area (Å²) in [4.78, 5) is 0. The van der Waals surface area contributed by atoms with Gasteiger partial charge >= 0.3 is 0 Å². The van der Waals surface area contributed by atoms with Gasteiger partial charge < -0.3 is 16.2 Å². The fourth-order valence-electron chi connectivity index (χ4n) is 4.01. The molecule has 3 heteroatoms. The van der Waals surface area contributed by atoms with Crippen molar-refractivity contribution in [1.82, 2.24) is 5.32 Å². The summed E-state index contributed by atoms with van der Waals surface area (Å²) < 4.78 is 0. The van der Waals surface area contributed by atoms with Crippen molar-refractivity contribution in [3.05, 3.63) is 0 Å². The van der Waals surface area contributed by atoms with Crippen LogP contribution in [0.4, 0.5) is 0 Å². The first-order valence-electron chi connectivity index (χ1n) is 8.40. The number of rotatable bonds is 6. The van der Waals surface area contributed by atoms with E-state index in [1.54, 1.807) is 0 Å². The zero-order valence-electron chi connectivity index (χ0n) is 12.3. The lowest BCUT2D eigenvalue weighted by Gasteiger charge is -2.35. The topological polar surface area (TPSA) is 58.3 Å². The molecule has 19 heavy (non-hydrogen) atoms. The predicted molar refractivity (Wildman–Crippen MR) is 80.0 cm³/mol. The monoisotopic (exact) mass is 268 g/mol. The molecule has 0 radical (unpaired) electrons. The van der Waals surface area contributed by atoms with E-state index >= 15 is 0 Å². The summed E-state index contributed by atoms with van der Waals surface area (Å²) in [6.45, 7) is 1.07. The van der Waals surface area contributed by atoms with Gasteiger partial charge in [0.25, 0.3) is 0 Å². The molecule has 2 rings (SSSR count). The van der Waals surface area contributed by atoms with Gasteiger partial charge in [-0.25, -0.2) is 0 Å². The zero-order chi connectivity index (χ0) is 13.5. The molecular weight excluding hydrogens is 236 g/mol. The van der Waals surface area contributed by atoms with E-state index in [-0.39, 0.29) is 0 Å². The van der Waals surface area contributed by atoms with Crippen LogP contribution in [0.2, 0.25) is 0 Å². The van der Waals surface area contributed by atoms with E-state index < -0.39 is 0 Å². The molecule has 2 saturated carbocycles. The van der Waals surface area contributed by atoms with Crippen LogP contribution < -0.4 is 11.1 Å². The van der Waals surface area contributed by atoms with Crippen LogP contribution >= 0.6 is 0 Å². The fraction of sp³-hybridized carbons (Fsp3) is 1.00.